The summed E-state index contributed by atoms with van der Waals surface area (Å²) in [7, 11) is 0. The van der Waals surface area contributed by atoms with Crippen molar-refractivity contribution in [1.82, 2.24) is 4.98 Å². The van der Waals surface area contributed by atoms with E-state index in [0.717, 1.165) is 34.6 Å². The first-order valence-electron chi connectivity index (χ1n) is 6.62. The molecule has 0 aliphatic carbocycles. The van der Waals surface area contributed by atoms with Gasteiger partial charge in [-0.05, 0) is 23.8 Å². The van der Waals surface area contributed by atoms with Crippen molar-refractivity contribution in [2.45, 2.75) is 18.6 Å². The fraction of sp³-hybridized carbons (Fsp3) is 0.400. The Morgan fingerprint density at radius 2 is 2.32 bits per heavy atom. The van der Waals surface area contributed by atoms with E-state index in [9.17, 15) is 5.11 Å². The first-order valence-corrected chi connectivity index (χ1v) is 7.77. The molecule has 0 spiro atoms. The van der Waals surface area contributed by atoms with Crippen LogP contribution in [0.4, 0.5) is 0 Å². The SMILES string of the molecule is OC12CCSCC1Cc1ccc3cccnc3c1O2. The minimum absolute atomic E-state index is 0.194. The summed E-state index contributed by atoms with van der Waals surface area (Å²) in [6, 6.07) is 8.15. The van der Waals surface area contributed by atoms with Crippen molar-refractivity contribution in [3.8, 4) is 5.75 Å². The molecule has 1 N–H and O–H groups in total. The predicted octanol–water partition coefficient (Wildman–Crippen LogP) is 2.61. The van der Waals surface area contributed by atoms with E-state index < -0.39 is 5.79 Å². The Labute approximate surface area is 116 Å². The third-order valence-electron chi connectivity index (χ3n) is 4.12. The number of aliphatic hydroxyl groups is 1. The molecule has 2 unspecified atom stereocenters. The molecular weight excluding hydrogens is 258 g/mol. The van der Waals surface area contributed by atoms with Crippen LogP contribution in [0.25, 0.3) is 10.9 Å². The topological polar surface area (TPSA) is 42.4 Å². The highest BCUT2D eigenvalue weighted by Gasteiger charge is 2.45. The maximum absolute atomic E-state index is 10.7. The number of fused-ring (bicyclic) bond motifs is 4. The lowest BCUT2D eigenvalue weighted by Gasteiger charge is -2.43. The minimum Gasteiger partial charge on any atom is -0.460 e. The molecule has 2 aromatic rings. The van der Waals surface area contributed by atoms with E-state index in [4.69, 9.17) is 4.74 Å². The number of hydrogen-bond acceptors (Lipinski definition) is 4. The number of rotatable bonds is 0. The summed E-state index contributed by atoms with van der Waals surface area (Å²) in [5, 5.41) is 11.8. The van der Waals surface area contributed by atoms with Gasteiger partial charge in [-0.15, -0.1) is 0 Å². The summed E-state index contributed by atoms with van der Waals surface area (Å²) in [4.78, 5) is 4.42. The third kappa shape index (κ3) is 1.74. The van der Waals surface area contributed by atoms with Gasteiger partial charge < -0.3 is 9.84 Å². The van der Waals surface area contributed by atoms with Crippen LogP contribution in [0.15, 0.2) is 30.5 Å². The van der Waals surface area contributed by atoms with Crippen LogP contribution in [0.3, 0.4) is 0 Å². The summed E-state index contributed by atoms with van der Waals surface area (Å²) < 4.78 is 6.02. The lowest BCUT2D eigenvalue weighted by Crippen LogP contribution is -2.51. The van der Waals surface area contributed by atoms with Gasteiger partial charge in [-0.25, -0.2) is 0 Å². The molecule has 2 aliphatic heterocycles. The van der Waals surface area contributed by atoms with E-state index in [1.165, 1.54) is 5.56 Å². The van der Waals surface area contributed by atoms with Crippen LogP contribution < -0.4 is 4.74 Å². The van der Waals surface area contributed by atoms with Crippen LogP contribution in [-0.2, 0) is 6.42 Å². The van der Waals surface area contributed by atoms with Crippen LogP contribution >= 0.6 is 11.8 Å². The Bertz CT molecular complexity index is 645. The summed E-state index contributed by atoms with van der Waals surface area (Å²) in [6.45, 7) is 0. The van der Waals surface area contributed by atoms with Gasteiger partial charge in [-0.1, -0.05) is 18.2 Å². The second kappa shape index (κ2) is 4.12. The van der Waals surface area contributed by atoms with E-state index in [2.05, 4.69) is 17.1 Å². The highest BCUT2D eigenvalue weighted by molar-refractivity contribution is 7.99. The van der Waals surface area contributed by atoms with Gasteiger partial charge >= 0.3 is 0 Å². The molecule has 3 nitrogen and oxygen atoms in total. The highest BCUT2D eigenvalue weighted by atomic mass is 32.2. The largest absolute Gasteiger partial charge is 0.460 e. The molecule has 1 fully saturated rings. The maximum atomic E-state index is 10.7. The molecule has 2 atom stereocenters. The molecule has 0 saturated carbocycles. The van der Waals surface area contributed by atoms with E-state index in [1.54, 1.807) is 6.20 Å². The molecule has 0 radical (unpaired) electrons. The van der Waals surface area contributed by atoms with Crippen molar-refractivity contribution in [2.75, 3.05) is 11.5 Å². The summed E-state index contributed by atoms with van der Waals surface area (Å²) in [5.74, 6) is 1.91. The molecule has 1 aromatic heterocycles. The van der Waals surface area contributed by atoms with Crippen LogP contribution in [0.2, 0.25) is 0 Å². The molecule has 1 aromatic carbocycles. The van der Waals surface area contributed by atoms with E-state index in [-0.39, 0.29) is 5.92 Å². The number of nitrogens with zero attached hydrogens (tertiary/aromatic N) is 1. The quantitative estimate of drug-likeness (QED) is 0.801. The lowest BCUT2D eigenvalue weighted by atomic mass is 9.87. The van der Waals surface area contributed by atoms with Gasteiger partial charge in [0.1, 0.15) is 5.52 Å². The fourth-order valence-corrected chi connectivity index (χ4v) is 4.27. The maximum Gasteiger partial charge on any atom is 0.212 e. The zero-order valence-electron chi connectivity index (χ0n) is 10.5. The number of hydrogen-bond donors (Lipinski definition) is 1. The molecule has 98 valence electrons. The average Bonchev–Trinajstić information content (AvgIpc) is 2.44. The van der Waals surface area contributed by atoms with Crippen molar-refractivity contribution >= 4 is 22.7 Å². The van der Waals surface area contributed by atoms with E-state index >= 15 is 0 Å². The van der Waals surface area contributed by atoms with Crippen molar-refractivity contribution < 1.29 is 9.84 Å². The third-order valence-corrected chi connectivity index (χ3v) is 5.25. The zero-order valence-corrected chi connectivity index (χ0v) is 11.3. The Balaban J connectivity index is 1.88. The number of pyridine rings is 1. The molecule has 1 saturated heterocycles. The fourth-order valence-electron chi connectivity index (χ4n) is 3.01. The van der Waals surface area contributed by atoms with E-state index in [0.29, 0.717) is 6.42 Å². The number of aromatic nitrogens is 1. The monoisotopic (exact) mass is 273 g/mol. The Hall–Kier alpha value is -1.26. The predicted molar refractivity (Wildman–Crippen MR) is 76.5 cm³/mol. The van der Waals surface area contributed by atoms with E-state index in [1.807, 2.05) is 23.9 Å². The van der Waals surface area contributed by atoms with Gasteiger partial charge in [0.2, 0.25) is 5.79 Å². The lowest BCUT2D eigenvalue weighted by molar-refractivity contribution is -0.183. The molecule has 2 aliphatic rings. The van der Waals surface area contributed by atoms with Gasteiger partial charge in [0.05, 0.1) is 0 Å². The zero-order chi connectivity index (χ0) is 12.9. The normalized spacial score (nSPS) is 29.4. The average molecular weight is 273 g/mol. The molecule has 4 rings (SSSR count). The smallest absolute Gasteiger partial charge is 0.212 e. The van der Waals surface area contributed by atoms with Crippen molar-refractivity contribution in [3.05, 3.63) is 36.0 Å². The summed E-state index contributed by atoms with van der Waals surface area (Å²) in [6.07, 6.45) is 3.36. The summed E-state index contributed by atoms with van der Waals surface area (Å²) in [5.41, 5.74) is 2.04. The van der Waals surface area contributed by atoms with Crippen LogP contribution in [0.5, 0.6) is 5.75 Å². The Kier molecular flexibility index (Phi) is 2.50. The van der Waals surface area contributed by atoms with Crippen LogP contribution in [-0.4, -0.2) is 27.4 Å². The molecule has 4 heteroatoms. The van der Waals surface area contributed by atoms with Gasteiger partial charge in [-0.3, -0.25) is 4.98 Å². The van der Waals surface area contributed by atoms with Gasteiger partial charge in [0.15, 0.2) is 5.75 Å². The molecule has 0 bridgehead atoms. The van der Waals surface area contributed by atoms with Crippen LogP contribution in [0, 0.1) is 5.92 Å². The second-order valence-electron chi connectivity index (χ2n) is 5.30. The van der Waals surface area contributed by atoms with Crippen molar-refractivity contribution in [2.24, 2.45) is 5.92 Å². The van der Waals surface area contributed by atoms with Crippen molar-refractivity contribution in [3.63, 3.8) is 0 Å². The molecular formula is C15H15NO2S. The number of thioether (sulfide) groups is 1. The summed E-state index contributed by atoms with van der Waals surface area (Å²) >= 11 is 1.90. The second-order valence-corrected chi connectivity index (χ2v) is 6.45. The standard InChI is InChI=1S/C15H15NO2S/c17-15-5-7-19-9-12(15)8-11-4-3-10-2-1-6-16-13(10)14(11)18-15/h1-4,6,12,17H,5,7-9H2. The molecule has 3 heterocycles. The van der Waals surface area contributed by atoms with Gasteiger partial charge in [0.25, 0.3) is 0 Å². The number of benzene rings is 1. The van der Waals surface area contributed by atoms with Crippen LogP contribution in [0.1, 0.15) is 12.0 Å². The number of ether oxygens (including phenoxy) is 1. The van der Waals surface area contributed by atoms with Crippen molar-refractivity contribution in [1.29, 1.82) is 0 Å². The Morgan fingerprint density at radius 1 is 1.37 bits per heavy atom. The first kappa shape index (κ1) is 11.6. The first-order chi connectivity index (χ1) is 9.26. The molecule has 0 amide bonds. The minimum atomic E-state index is -0.996. The highest BCUT2D eigenvalue weighted by Crippen LogP contribution is 2.44. The molecule has 19 heavy (non-hydrogen) atoms. The Morgan fingerprint density at radius 3 is 3.26 bits per heavy atom. The van der Waals surface area contributed by atoms with Gasteiger partial charge in [-0.2, -0.15) is 11.8 Å². The van der Waals surface area contributed by atoms with Gasteiger partial charge in [0, 0.05) is 29.7 Å².